The summed E-state index contributed by atoms with van der Waals surface area (Å²) in [6, 6.07) is 1.78. The second kappa shape index (κ2) is 4.42. The van der Waals surface area contributed by atoms with Gasteiger partial charge in [-0.2, -0.15) is 0 Å². The summed E-state index contributed by atoms with van der Waals surface area (Å²) >= 11 is 5.48. The molecule has 0 N–H and O–H groups in total. The molecule has 0 aliphatic carbocycles. The zero-order chi connectivity index (χ0) is 10.7. The van der Waals surface area contributed by atoms with Crippen LogP contribution in [0.4, 0.5) is 0 Å². The van der Waals surface area contributed by atoms with Crippen LogP contribution in [0.25, 0.3) is 0 Å². The van der Waals surface area contributed by atoms with Crippen molar-refractivity contribution in [1.82, 2.24) is 4.98 Å². The molecule has 14 heavy (non-hydrogen) atoms. The van der Waals surface area contributed by atoms with Gasteiger partial charge in [-0.05, 0) is 29.1 Å². The monoisotopic (exact) mass is 213 g/mol. The average Bonchev–Trinajstić information content (AvgIpc) is 2.16. The number of carbonyl (C=O) groups is 1. The molecule has 0 aliphatic heterocycles. The minimum Gasteiger partial charge on any atom is -0.480 e. The van der Waals surface area contributed by atoms with E-state index in [2.05, 4.69) is 4.98 Å². The third-order valence-electron chi connectivity index (χ3n) is 1.96. The van der Waals surface area contributed by atoms with Gasteiger partial charge in [0.15, 0.2) is 0 Å². The summed E-state index contributed by atoms with van der Waals surface area (Å²) in [6.45, 7) is 3.97. The van der Waals surface area contributed by atoms with Gasteiger partial charge in [0.2, 0.25) is 5.88 Å². The van der Waals surface area contributed by atoms with Crippen LogP contribution < -0.4 is 4.74 Å². The number of hydrogen-bond acceptors (Lipinski definition) is 3. The second-order valence-electron chi connectivity index (χ2n) is 3.21. The van der Waals surface area contributed by atoms with E-state index in [0.29, 0.717) is 5.56 Å². The zero-order valence-corrected chi connectivity index (χ0v) is 9.13. The molecule has 0 unspecified atom stereocenters. The van der Waals surface area contributed by atoms with E-state index < -0.39 is 5.24 Å². The van der Waals surface area contributed by atoms with E-state index >= 15 is 0 Å². The van der Waals surface area contributed by atoms with Gasteiger partial charge in [-0.15, -0.1) is 0 Å². The summed E-state index contributed by atoms with van der Waals surface area (Å²) in [5.74, 6) is 0.501. The average molecular weight is 214 g/mol. The Balaban J connectivity index is 3.35. The van der Waals surface area contributed by atoms with Gasteiger partial charge in [-0.1, -0.05) is 13.8 Å². The van der Waals surface area contributed by atoms with Crippen LogP contribution in [0.3, 0.4) is 0 Å². The first kappa shape index (κ1) is 11.0. The van der Waals surface area contributed by atoms with E-state index in [4.69, 9.17) is 16.3 Å². The van der Waals surface area contributed by atoms with Gasteiger partial charge >= 0.3 is 0 Å². The predicted octanol–water partition coefficient (Wildman–Crippen LogP) is 2.59. The van der Waals surface area contributed by atoms with E-state index in [0.717, 1.165) is 5.56 Å². The Hall–Kier alpha value is -1.09. The molecular weight excluding hydrogens is 202 g/mol. The summed E-state index contributed by atoms with van der Waals surface area (Å²) in [4.78, 5) is 15.1. The highest BCUT2D eigenvalue weighted by Crippen LogP contribution is 2.26. The molecule has 1 rings (SSSR count). The lowest BCUT2D eigenvalue weighted by molar-refractivity contribution is 0.107. The summed E-state index contributed by atoms with van der Waals surface area (Å²) in [7, 11) is 1.47. The van der Waals surface area contributed by atoms with Crippen LogP contribution in [0.1, 0.15) is 35.7 Å². The highest BCUT2D eigenvalue weighted by molar-refractivity contribution is 6.68. The maximum absolute atomic E-state index is 11.2. The molecule has 0 fully saturated rings. The van der Waals surface area contributed by atoms with E-state index in [1.165, 1.54) is 7.11 Å². The zero-order valence-electron chi connectivity index (χ0n) is 8.37. The summed E-state index contributed by atoms with van der Waals surface area (Å²) in [5, 5.41) is -0.529. The van der Waals surface area contributed by atoms with Crippen LogP contribution >= 0.6 is 11.6 Å². The number of halogens is 1. The number of ether oxygens (including phenoxy) is 1. The highest BCUT2D eigenvalue weighted by atomic mass is 35.5. The first-order chi connectivity index (χ1) is 6.57. The lowest BCUT2D eigenvalue weighted by Crippen LogP contribution is -2.04. The van der Waals surface area contributed by atoms with E-state index in [-0.39, 0.29) is 11.8 Å². The smallest absolute Gasteiger partial charge is 0.258 e. The molecule has 3 nitrogen and oxygen atoms in total. The first-order valence-corrected chi connectivity index (χ1v) is 4.68. The van der Waals surface area contributed by atoms with E-state index in [9.17, 15) is 4.79 Å². The molecule has 1 aromatic heterocycles. The first-order valence-electron chi connectivity index (χ1n) is 4.30. The molecule has 1 aromatic rings. The Kier molecular flexibility index (Phi) is 3.47. The van der Waals surface area contributed by atoms with E-state index in [1.54, 1.807) is 12.3 Å². The molecule has 0 saturated heterocycles. The fraction of sp³-hybridized carbons (Fsp3) is 0.400. The molecule has 0 aromatic carbocycles. The van der Waals surface area contributed by atoms with Gasteiger partial charge in [0.05, 0.1) is 12.7 Å². The van der Waals surface area contributed by atoms with Crippen molar-refractivity contribution < 1.29 is 9.53 Å². The van der Waals surface area contributed by atoms with Crippen LogP contribution in [0, 0.1) is 0 Å². The number of nitrogens with zero attached hydrogens (tertiary/aromatic N) is 1. The molecule has 76 valence electrons. The van der Waals surface area contributed by atoms with Crippen molar-refractivity contribution in [2.45, 2.75) is 19.8 Å². The molecule has 4 heteroatoms. The minimum atomic E-state index is -0.529. The van der Waals surface area contributed by atoms with Crippen molar-refractivity contribution in [1.29, 1.82) is 0 Å². The van der Waals surface area contributed by atoms with Gasteiger partial charge in [0.1, 0.15) is 0 Å². The van der Waals surface area contributed by atoms with Gasteiger partial charge in [-0.25, -0.2) is 4.98 Å². The normalized spacial score (nSPS) is 10.4. The lowest BCUT2D eigenvalue weighted by Gasteiger charge is -2.11. The quantitative estimate of drug-likeness (QED) is 0.725. The largest absolute Gasteiger partial charge is 0.480 e. The molecule has 0 spiro atoms. The SMILES string of the molecule is COc1nccc(C(C)C)c1C(=O)Cl. The number of rotatable bonds is 3. The van der Waals surface area contributed by atoms with Crippen molar-refractivity contribution in [3.8, 4) is 5.88 Å². The summed E-state index contributed by atoms with van der Waals surface area (Å²) < 4.78 is 4.98. The molecule has 0 bridgehead atoms. The Morgan fingerprint density at radius 1 is 1.57 bits per heavy atom. The Morgan fingerprint density at radius 3 is 2.64 bits per heavy atom. The molecule has 0 saturated carbocycles. The summed E-state index contributed by atoms with van der Waals surface area (Å²) in [5.41, 5.74) is 1.23. The fourth-order valence-electron chi connectivity index (χ4n) is 1.29. The molecule has 0 radical (unpaired) electrons. The number of aromatic nitrogens is 1. The maximum atomic E-state index is 11.2. The predicted molar refractivity (Wildman–Crippen MR) is 55.1 cm³/mol. The van der Waals surface area contributed by atoms with Gasteiger partial charge < -0.3 is 4.74 Å². The van der Waals surface area contributed by atoms with Crippen molar-refractivity contribution in [2.75, 3.05) is 7.11 Å². The van der Waals surface area contributed by atoms with Gasteiger partial charge in [-0.3, -0.25) is 4.79 Å². The molecule has 0 atom stereocenters. The number of carbonyl (C=O) groups excluding carboxylic acids is 1. The third kappa shape index (κ3) is 2.04. The Bertz CT molecular complexity index is 350. The van der Waals surface area contributed by atoms with Gasteiger partial charge in [0, 0.05) is 6.20 Å². The molecule has 0 aliphatic rings. The van der Waals surface area contributed by atoms with Gasteiger partial charge in [0.25, 0.3) is 5.24 Å². The van der Waals surface area contributed by atoms with Crippen LogP contribution in [-0.4, -0.2) is 17.3 Å². The fourth-order valence-corrected chi connectivity index (χ4v) is 1.48. The molecule has 1 heterocycles. The van der Waals surface area contributed by atoms with Crippen molar-refractivity contribution in [2.24, 2.45) is 0 Å². The maximum Gasteiger partial charge on any atom is 0.258 e. The minimum absolute atomic E-state index is 0.213. The van der Waals surface area contributed by atoms with Crippen LogP contribution in [0.2, 0.25) is 0 Å². The second-order valence-corrected chi connectivity index (χ2v) is 3.56. The third-order valence-corrected chi connectivity index (χ3v) is 2.15. The summed E-state index contributed by atoms with van der Waals surface area (Å²) in [6.07, 6.45) is 1.61. The lowest BCUT2D eigenvalue weighted by atomic mass is 9.99. The Labute approximate surface area is 88.1 Å². The molecule has 0 amide bonds. The van der Waals surface area contributed by atoms with Crippen LogP contribution in [-0.2, 0) is 0 Å². The van der Waals surface area contributed by atoms with Crippen molar-refractivity contribution >= 4 is 16.8 Å². The van der Waals surface area contributed by atoms with Crippen molar-refractivity contribution in [3.63, 3.8) is 0 Å². The molecular formula is C10H12ClNO2. The standard InChI is InChI=1S/C10H12ClNO2/c1-6(2)7-4-5-12-10(14-3)8(7)9(11)13/h4-6H,1-3H3. The number of hydrogen-bond donors (Lipinski definition) is 0. The number of methoxy groups -OCH3 is 1. The van der Waals surface area contributed by atoms with Crippen LogP contribution in [0.5, 0.6) is 5.88 Å². The highest BCUT2D eigenvalue weighted by Gasteiger charge is 2.18. The van der Waals surface area contributed by atoms with Crippen molar-refractivity contribution in [3.05, 3.63) is 23.4 Å². The van der Waals surface area contributed by atoms with Crippen LogP contribution in [0.15, 0.2) is 12.3 Å². The topological polar surface area (TPSA) is 39.2 Å². The van der Waals surface area contributed by atoms with E-state index in [1.807, 2.05) is 13.8 Å². The Morgan fingerprint density at radius 2 is 2.21 bits per heavy atom. The number of pyridine rings is 1.